The van der Waals surface area contributed by atoms with E-state index in [1.165, 1.54) is 0 Å². The van der Waals surface area contributed by atoms with Crippen LogP contribution in [-0.4, -0.2) is 16.5 Å². The first kappa shape index (κ1) is 8.04. The highest BCUT2D eigenvalue weighted by Gasteiger charge is 1.99. The topological polar surface area (TPSA) is 66.5 Å². The van der Waals surface area contributed by atoms with E-state index >= 15 is 0 Å². The molecule has 1 aromatic carbocycles. The first-order chi connectivity index (χ1) is 5.18. The molecule has 4 N–H and O–H groups in total. The minimum atomic E-state index is -1.29. The van der Waals surface area contributed by atoms with Crippen LogP contribution in [0.25, 0.3) is 0 Å². The molecule has 1 aromatic rings. The summed E-state index contributed by atoms with van der Waals surface area (Å²) in [7, 11) is 0. The first-order valence-electron chi connectivity index (χ1n) is 3.39. The average molecular weight is 153 g/mol. The van der Waals surface area contributed by atoms with E-state index in [-0.39, 0.29) is 6.42 Å². The molecule has 1 rings (SSSR count). The zero-order valence-electron chi connectivity index (χ0n) is 6.07. The van der Waals surface area contributed by atoms with Crippen LogP contribution in [0.1, 0.15) is 5.56 Å². The van der Waals surface area contributed by atoms with Crippen molar-refractivity contribution in [1.29, 1.82) is 0 Å². The molecule has 0 unspecified atom stereocenters. The van der Waals surface area contributed by atoms with Crippen molar-refractivity contribution >= 4 is 5.69 Å². The van der Waals surface area contributed by atoms with Crippen molar-refractivity contribution in [3.8, 4) is 0 Å². The maximum absolute atomic E-state index is 8.61. The smallest absolute Gasteiger partial charge is 0.155 e. The van der Waals surface area contributed by atoms with Gasteiger partial charge in [0.05, 0.1) is 0 Å². The fraction of sp³-hybridized carbons (Fsp3) is 0.250. The fourth-order valence-electron chi connectivity index (χ4n) is 0.931. The zero-order chi connectivity index (χ0) is 8.27. The summed E-state index contributed by atoms with van der Waals surface area (Å²) in [6.45, 7) is 0. The number of nitrogen functional groups attached to an aromatic ring is 1. The number of benzene rings is 1. The Morgan fingerprint density at radius 1 is 1.36 bits per heavy atom. The third kappa shape index (κ3) is 2.57. The molecule has 3 nitrogen and oxygen atoms in total. The molecule has 3 heteroatoms. The average Bonchev–Trinajstić information content (AvgIpc) is 1.85. The number of aliphatic hydroxyl groups is 2. The summed E-state index contributed by atoms with van der Waals surface area (Å²) < 4.78 is 0. The van der Waals surface area contributed by atoms with E-state index < -0.39 is 6.29 Å². The molecule has 0 aliphatic carbocycles. The van der Waals surface area contributed by atoms with Gasteiger partial charge in [-0.3, -0.25) is 0 Å². The Bertz CT molecular complexity index is 235. The molecule has 0 heterocycles. The second kappa shape index (κ2) is 3.37. The Labute approximate surface area is 65.1 Å². The van der Waals surface area contributed by atoms with E-state index in [4.69, 9.17) is 15.9 Å². The van der Waals surface area contributed by atoms with Gasteiger partial charge in [-0.1, -0.05) is 12.1 Å². The van der Waals surface area contributed by atoms with Crippen LogP contribution in [0.3, 0.4) is 0 Å². The van der Waals surface area contributed by atoms with E-state index in [9.17, 15) is 0 Å². The van der Waals surface area contributed by atoms with Crippen molar-refractivity contribution in [3.05, 3.63) is 29.8 Å². The number of nitrogens with two attached hydrogens (primary N) is 1. The number of hydrogen-bond donors (Lipinski definition) is 3. The molecular formula is C8H11NO2. The van der Waals surface area contributed by atoms with Gasteiger partial charge in [-0.2, -0.15) is 0 Å². The lowest BCUT2D eigenvalue weighted by atomic mass is 10.1. The molecule has 11 heavy (non-hydrogen) atoms. The molecule has 0 aromatic heterocycles. The summed E-state index contributed by atoms with van der Waals surface area (Å²) in [6, 6.07) is 7.07. The zero-order valence-corrected chi connectivity index (χ0v) is 6.07. The van der Waals surface area contributed by atoms with Crippen LogP contribution < -0.4 is 5.73 Å². The van der Waals surface area contributed by atoms with Gasteiger partial charge in [0.1, 0.15) is 0 Å². The molecule has 0 saturated heterocycles. The summed E-state index contributed by atoms with van der Waals surface area (Å²) >= 11 is 0. The van der Waals surface area contributed by atoms with E-state index in [0.29, 0.717) is 5.69 Å². The van der Waals surface area contributed by atoms with E-state index in [1.807, 2.05) is 0 Å². The van der Waals surface area contributed by atoms with Crippen molar-refractivity contribution in [3.63, 3.8) is 0 Å². The van der Waals surface area contributed by atoms with Gasteiger partial charge in [0, 0.05) is 12.1 Å². The Morgan fingerprint density at radius 3 is 2.64 bits per heavy atom. The molecule has 0 saturated carbocycles. The van der Waals surface area contributed by atoms with Crippen LogP contribution in [0, 0.1) is 0 Å². The molecule has 0 amide bonds. The Kier molecular flexibility index (Phi) is 2.46. The number of aliphatic hydroxyl groups excluding tert-OH is 1. The van der Waals surface area contributed by atoms with Crippen LogP contribution in [0.15, 0.2) is 24.3 Å². The van der Waals surface area contributed by atoms with Crippen molar-refractivity contribution in [2.24, 2.45) is 0 Å². The van der Waals surface area contributed by atoms with Gasteiger partial charge in [-0.15, -0.1) is 0 Å². The third-order valence-electron chi connectivity index (χ3n) is 1.37. The van der Waals surface area contributed by atoms with Crippen LogP contribution in [0.4, 0.5) is 5.69 Å². The highest BCUT2D eigenvalue weighted by Crippen LogP contribution is 2.07. The molecular weight excluding hydrogens is 142 g/mol. The molecule has 0 radical (unpaired) electrons. The van der Waals surface area contributed by atoms with E-state index in [2.05, 4.69) is 0 Å². The largest absolute Gasteiger partial charge is 0.399 e. The molecule has 0 aliphatic heterocycles. The highest BCUT2D eigenvalue weighted by atomic mass is 16.5. The number of anilines is 1. The lowest BCUT2D eigenvalue weighted by molar-refractivity contribution is -0.0381. The molecule has 0 spiro atoms. The van der Waals surface area contributed by atoms with E-state index in [1.54, 1.807) is 24.3 Å². The lowest BCUT2D eigenvalue weighted by Gasteiger charge is -2.03. The highest BCUT2D eigenvalue weighted by molar-refractivity contribution is 5.40. The van der Waals surface area contributed by atoms with Crippen molar-refractivity contribution in [2.45, 2.75) is 12.7 Å². The standard InChI is InChI=1S/C8H11NO2/c9-7-3-1-2-6(4-7)5-8(10)11/h1-4,8,10-11H,5,9H2. The summed E-state index contributed by atoms with van der Waals surface area (Å²) in [5, 5.41) is 17.2. The van der Waals surface area contributed by atoms with Gasteiger partial charge in [0.2, 0.25) is 0 Å². The third-order valence-corrected chi connectivity index (χ3v) is 1.37. The van der Waals surface area contributed by atoms with Gasteiger partial charge >= 0.3 is 0 Å². The van der Waals surface area contributed by atoms with Gasteiger partial charge in [0.25, 0.3) is 0 Å². The lowest BCUT2D eigenvalue weighted by Crippen LogP contribution is -2.08. The minimum Gasteiger partial charge on any atom is -0.399 e. The van der Waals surface area contributed by atoms with Crippen LogP contribution in [-0.2, 0) is 6.42 Å². The SMILES string of the molecule is Nc1cccc(CC(O)O)c1. The van der Waals surface area contributed by atoms with Crippen LogP contribution in [0.2, 0.25) is 0 Å². The fourth-order valence-corrected chi connectivity index (χ4v) is 0.931. The van der Waals surface area contributed by atoms with Crippen molar-refractivity contribution in [2.75, 3.05) is 5.73 Å². The van der Waals surface area contributed by atoms with Crippen LogP contribution in [0.5, 0.6) is 0 Å². The number of hydrogen-bond acceptors (Lipinski definition) is 3. The maximum Gasteiger partial charge on any atom is 0.155 e. The van der Waals surface area contributed by atoms with Gasteiger partial charge in [-0.25, -0.2) is 0 Å². The van der Waals surface area contributed by atoms with Gasteiger partial charge in [0.15, 0.2) is 6.29 Å². The Balaban J connectivity index is 2.71. The van der Waals surface area contributed by atoms with Crippen molar-refractivity contribution in [1.82, 2.24) is 0 Å². The summed E-state index contributed by atoms with van der Waals surface area (Å²) in [4.78, 5) is 0. The summed E-state index contributed by atoms with van der Waals surface area (Å²) in [5.74, 6) is 0. The second-order valence-electron chi connectivity index (χ2n) is 2.43. The molecule has 60 valence electrons. The van der Waals surface area contributed by atoms with Crippen LogP contribution >= 0.6 is 0 Å². The summed E-state index contributed by atoms with van der Waals surface area (Å²) in [6.07, 6.45) is -1.07. The maximum atomic E-state index is 8.61. The monoisotopic (exact) mass is 153 g/mol. The van der Waals surface area contributed by atoms with E-state index in [0.717, 1.165) is 5.56 Å². The Morgan fingerprint density at radius 2 is 2.09 bits per heavy atom. The summed E-state index contributed by atoms with van der Waals surface area (Å²) in [5.41, 5.74) is 6.95. The second-order valence-corrected chi connectivity index (χ2v) is 2.43. The minimum absolute atomic E-state index is 0.227. The normalized spacial score (nSPS) is 10.5. The Hall–Kier alpha value is -1.06. The first-order valence-corrected chi connectivity index (χ1v) is 3.39. The molecule has 0 atom stereocenters. The predicted molar refractivity (Wildman–Crippen MR) is 42.8 cm³/mol. The molecule has 0 bridgehead atoms. The quantitative estimate of drug-likeness (QED) is 0.417. The van der Waals surface area contributed by atoms with Crippen molar-refractivity contribution < 1.29 is 10.2 Å². The van der Waals surface area contributed by atoms with Gasteiger partial charge < -0.3 is 15.9 Å². The number of rotatable bonds is 2. The predicted octanol–water partition coefficient (Wildman–Crippen LogP) is 0.122. The van der Waals surface area contributed by atoms with Gasteiger partial charge in [-0.05, 0) is 17.7 Å². The molecule has 0 aliphatic rings. The molecule has 0 fully saturated rings.